The van der Waals surface area contributed by atoms with Gasteiger partial charge in [-0.3, -0.25) is 13.9 Å². The standard InChI is InChI=1S/C29H35N3O5S/c1-6-27(29(34)30-4)31(19-23-9-7-8-22(3)18-23)28(33)20-32(24-12-10-21(2)11-13-24)38(35,36)26-16-14-25(37-5)15-17-26/h7-18,27H,6,19-20H2,1-5H3,(H,30,34)/t27-/m0/s1. The van der Waals surface area contributed by atoms with Gasteiger partial charge in [0.25, 0.3) is 10.0 Å². The van der Waals surface area contributed by atoms with Crippen LogP contribution in [0.15, 0.2) is 77.7 Å². The lowest BCUT2D eigenvalue weighted by Gasteiger charge is -2.33. The first-order valence-electron chi connectivity index (χ1n) is 12.4. The monoisotopic (exact) mass is 537 g/mol. The third kappa shape index (κ3) is 6.72. The average molecular weight is 538 g/mol. The van der Waals surface area contributed by atoms with E-state index in [1.54, 1.807) is 36.4 Å². The molecule has 1 atom stereocenters. The fourth-order valence-electron chi connectivity index (χ4n) is 4.21. The maximum absolute atomic E-state index is 13.9. The van der Waals surface area contributed by atoms with Crippen molar-refractivity contribution in [2.24, 2.45) is 0 Å². The van der Waals surface area contributed by atoms with Gasteiger partial charge in [-0.05, 0) is 62.2 Å². The highest BCUT2D eigenvalue weighted by atomic mass is 32.2. The molecule has 3 aromatic carbocycles. The van der Waals surface area contributed by atoms with E-state index in [4.69, 9.17) is 4.74 Å². The molecule has 8 nitrogen and oxygen atoms in total. The summed E-state index contributed by atoms with van der Waals surface area (Å²) < 4.78 is 33.9. The van der Waals surface area contributed by atoms with Crippen LogP contribution in [0.5, 0.6) is 5.75 Å². The minimum Gasteiger partial charge on any atom is -0.497 e. The van der Waals surface area contributed by atoms with Crippen LogP contribution in [0.2, 0.25) is 0 Å². The third-order valence-corrected chi connectivity index (χ3v) is 8.10. The van der Waals surface area contributed by atoms with Crippen LogP contribution in [0, 0.1) is 13.8 Å². The molecule has 3 rings (SSSR count). The fraction of sp³-hybridized carbons (Fsp3) is 0.310. The van der Waals surface area contributed by atoms with Crippen LogP contribution in [-0.2, 0) is 26.2 Å². The van der Waals surface area contributed by atoms with Crippen molar-refractivity contribution in [1.29, 1.82) is 0 Å². The Bertz CT molecular complexity index is 1360. The molecule has 1 N–H and O–H groups in total. The van der Waals surface area contributed by atoms with Crippen molar-refractivity contribution in [3.63, 3.8) is 0 Å². The molecule has 0 saturated carbocycles. The van der Waals surface area contributed by atoms with E-state index in [2.05, 4.69) is 5.32 Å². The minimum atomic E-state index is -4.13. The van der Waals surface area contributed by atoms with E-state index in [1.807, 2.05) is 45.0 Å². The summed E-state index contributed by atoms with van der Waals surface area (Å²) in [7, 11) is -1.11. The van der Waals surface area contributed by atoms with Crippen LogP contribution in [0.25, 0.3) is 0 Å². The lowest BCUT2D eigenvalue weighted by atomic mass is 10.1. The Morgan fingerprint density at radius 2 is 1.61 bits per heavy atom. The first-order chi connectivity index (χ1) is 18.1. The van der Waals surface area contributed by atoms with E-state index >= 15 is 0 Å². The van der Waals surface area contributed by atoms with Gasteiger partial charge < -0.3 is 15.0 Å². The summed E-state index contributed by atoms with van der Waals surface area (Å²) in [6.45, 7) is 5.36. The van der Waals surface area contributed by atoms with Crippen molar-refractivity contribution in [2.75, 3.05) is 25.0 Å². The zero-order chi connectivity index (χ0) is 27.9. The van der Waals surface area contributed by atoms with Gasteiger partial charge in [-0.25, -0.2) is 8.42 Å². The molecule has 3 aromatic rings. The van der Waals surface area contributed by atoms with Gasteiger partial charge in [0.2, 0.25) is 11.8 Å². The molecule has 0 aromatic heterocycles. The van der Waals surface area contributed by atoms with Gasteiger partial charge in [0, 0.05) is 13.6 Å². The molecule has 0 radical (unpaired) electrons. The number of amides is 2. The zero-order valence-corrected chi connectivity index (χ0v) is 23.3. The van der Waals surface area contributed by atoms with Crippen LogP contribution in [0.3, 0.4) is 0 Å². The van der Waals surface area contributed by atoms with Crippen LogP contribution < -0.4 is 14.4 Å². The summed E-state index contributed by atoms with van der Waals surface area (Å²) in [5, 5.41) is 2.63. The van der Waals surface area contributed by atoms with Crippen molar-refractivity contribution in [1.82, 2.24) is 10.2 Å². The number of benzene rings is 3. The number of carbonyl (C=O) groups excluding carboxylic acids is 2. The van der Waals surface area contributed by atoms with Gasteiger partial charge in [-0.15, -0.1) is 0 Å². The number of hydrogen-bond donors (Lipinski definition) is 1. The van der Waals surface area contributed by atoms with E-state index < -0.39 is 28.5 Å². The molecular weight excluding hydrogens is 502 g/mol. The Kier molecular flexibility index (Phi) is 9.52. The van der Waals surface area contributed by atoms with Crippen molar-refractivity contribution in [3.8, 4) is 5.75 Å². The number of aryl methyl sites for hydroxylation is 2. The van der Waals surface area contributed by atoms with Crippen molar-refractivity contribution in [3.05, 3.63) is 89.5 Å². The van der Waals surface area contributed by atoms with Crippen molar-refractivity contribution < 1.29 is 22.7 Å². The van der Waals surface area contributed by atoms with Crippen LogP contribution in [0.1, 0.15) is 30.0 Å². The number of sulfonamides is 1. The minimum absolute atomic E-state index is 0.0234. The molecule has 0 heterocycles. The van der Waals surface area contributed by atoms with E-state index in [0.717, 1.165) is 21.0 Å². The van der Waals surface area contributed by atoms with Crippen molar-refractivity contribution >= 4 is 27.5 Å². The van der Waals surface area contributed by atoms with Crippen LogP contribution in [-0.4, -0.2) is 51.9 Å². The van der Waals surface area contributed by atoms with Gasteiger partial charge in [0.05, 0.1) is 17.7 Å². The molecule has 0 aliphatic carbocycles. The summed E-state index contributed by atoms with van der Waals surface area (Å²) in [4.78, 5) is 28.2. The number of methoxy groups -OCH3 is 1. The Morgan fingerprint density at radius 3 is 2.16 bits per heavy atom. The molecule has 0 bridgehead atoms. The molecule has 0 aliphatic rings. The number of nitrogens with one attached hydrogen (secondary N) is 1. The third-order valence-electron chi connectivity index (χ3n) is 6.32. The Hall–Kier alpha value is -3.85. The molecular formula is C29H35N3O5S. The number of rotatable bonds is 11. The van der Waals surface area contributed by atoms with Gasteiger partial charge in [-0.2, -0.15) is 0 Å². The second-order valence-electron chi connectivity index (χ2n) is 9.07. The predicted molar refractivity (Wildman–Crippen MR) is 149 cm³/mol. The molecule has 38 heavy (non-hydrogen) atoms. The molecule has 0 unspecified atom stereocenters. The van der Waals surface area contributed by atoms with Gasteiger partial charge in [-0.1, -0.05) is 54.4 Å². The van der Waals surface area contributed by atoms with Gasteiger partial charge in [0.1, 0.15) is 18.3 Å². The largest absolute Gasteiger partial charge is 0.497 e. The summed E-state index contributed by atoms with van der Waals surface area (Å²) >= 11 is 0. The lowest BCUT2D eigenvalue weighted by Crippen LogP contribution is -2.51. The highest BCUT2D eigenvalue weighted by Gasteiger charge is 2.33. The molecule has 202 valence electrons. The summed E-state index contributed by atoms with van der Waals surface area (Å²) in [5.41, 5.74) is 3.17. The number of nitrogens with zero attached hydrogens (tertiary/aromatic N) is 2. The molecule has 2 amide bonds. The second-order valence-corrected chi connectivity index (χ2v) is 10.9. The van der Waals surface area contributed by atoms with Crippen molar-refractivity contribution in [2.45, 2.75) is 44.7 Å². The van der Waals surface area contributed by atoms with E-state index in [9.17, 15) is 18.0 Å². The highest BCUT2D eigenvalue weighted by Crippen LogP contribution is 2.26. The van der Waals surface area contributed by atoms with Gasteiger partial charge >= 0.3 is 0 Å². The number of hydrogen-bond acceptors (Lipinski definition) is 5. The Balaban J connectivity index is 2.05. The molecule has 0 saturated heterocycles. The predicted octanol–water partition coefficient (Wildman–Crippen LogP) is 4.06. The Labute approximate surface area is 225 Å². The Morgan fingerprint density at radius 1 is 0.947 bits per heavy atom. The van der Waals surface area contributed by atoms with E-state index in [-0.39, 0.29) is 17.3 Å². The maximum Gasteiger partial charge on any atom is 0.264 e. The molecule has 0 aliphatic heterocycles. The molecule has 0 spiro atoms. The van der Waals surface area contributed by atoms with Crippen LogP contribution in [0.4, 0.5) is 5.69 Å². The summed E-state index contributed by atoms with van der Waals surface area (Å²) in [6, 6.07) is 19.8. The second kappa shape index (κ2) is 12.6. The number of carbonyl (C=O) groups is 2. The topological polar surface area (TPSA) is 96.0 Å². The van der Waals surface area contributed by atoms with Gasteiger partial charge in [0.15, 0.2) is 0 Å². The fourth-order valence-corrected chi connectivity index (χ4v) is 5.62. The first kappa shape index (κ1) is 28.7. The SMILES string of the molecule is CC[C@@H](C(=O)NC)N(Cc1cccc(C)c1)C(=O)CN(c1ccc(C)cc1)S(=O)(=O)c1ccc(OC)cc1. The number of likely N-dealkylation sites (N-methyl/N-ethyl adjacent to an activating group) is 1. The first-order valence-corrected chi connectivity index (χ1v) is 13.8. The van der Waals surface area contributed by atoms with E-state index in [1.165, 1.54) is 31.2 Å². The number of ether oxygens (including phenoxy) is 1. The average Bonchev–Trinajstić information content (AvgIpc) is 2.91. The normalized spacial score (nSPS) is 11.9. The smallest absolute Gasteiger partial charge is 0.264 e. The highest BCUT2D eigenvalue weighted by molar-refractivity contribution is 7.92. The summed E-state index contributed by atoms with van der Waals surface area (Å²) in [6.07, 6.45) is 0.368. The number of anilines is 1. The molecule has 9 heteroatoms. The quantitative estimate of drug-likeness (QED) is 0.398. The van der Waals surface area contributed by atoms with Crippen LogP contribution >= 0.6 is 0 Å². The summed E-state index contributed by atoms with van der Waals surface area (Å²) in [5.74, 6) is -0.282. The zero-order valence-electron chi connectivity index (χ0n) is 22.5. The maximum atomic E-state index is 13.9. The molecule has 0 fully saturated rings. The lowest BCUT2D eigenvalue weighted by molar-refractivity contribution is -0.140. The van der Waals surface area contributed by atoms with E-state index in [0.29, 0.717) is 17.9 Å².